The predicted octanol–water partition coefficient (Wildman–Crippen LogP) is 2.46. The number of aryl methyl sites for hydroxylation is 2. The van der Waals surface area contributed by atoms with Crippen molar-refractivity contribution in [1.29, 1.82) is 0 Å². The molecule has 0 aromatic heterocycles. The summed E-state index contributed by atoms with van der Waals surface area (Å²) in [6, 6.07) is 3.27. The molecular formula is C17H28N2O5S. The van der Waals surface area contributed by atoms with Crippen LogP contribution in [-0.2, 0) is 14.8 Å². The zero-order valence-electron chi connectivity index (χ0n) is 16.0. The Bertz CT molecular complexity index is 723. The number of nitrogens with zero attached hydrogens (tertiary/aromatic N) is 1. The van der Waals surface area contributed by atoms with Gasteiger partial charge in [-0.05, 0) is 57.9 Å². The normalized spacial score (nSPS) is 12.0. The number of hydrogen-bond acceptors (Lipinski definition) is 5. The Hall–Kier alpha value is -1.80. The molecular weight excluding hydrogens is 344 g/mol. The van der Waals surface area contributed by atoms with Gasteiger partial charge in [0.2, 0.25) is 10.0 Å². The molecule has 0 bridgehead atoms. The van der Waals surface area contributed by atoms with Crippen LogP contribution in [0.5, 0.6) is 5.75 Å². The van der Waals surface area contributed by atoms with Crippen molar-refractivity contribution in [2.45, 2.75) is 45.1 Å². The Balaban J connectivity index is 2.74. The summed E-state index contributed by atoms with van der Waals surface area (Å²) in [6.45, 7) is 9.10. The zero-order chi connectivity index (χ0) is 19.4. The Morgan fingerprint density at radius 1 is 1.20 bits per heavy atom. The lowest BCUT2D eigenvalue weighted by molar-refractivity contribution is 0.0302. The highest BCUT2D eigenvalue weighted by atomic mass is 32.2. The van der Waals surface area contributed by atoms with E-state index in [9.17, 15) is 13.2 Å². The van der Waals surface area contributed by atoms with Gasteiger partial charge in [-0.25, -0.2) is 17.9 Å². The minimum atomic E-state index is -3.68. The summed E-state index contributed by atoms with van der Waals surface area (Å²) in [4.78, 5) is 13.4. The van der Waals surface area contributed by atoms with Crippen molar-refractivity contribution in [3.05, 3.63) is 23.3 Å². The van der Waals surface area contributed by atoms with Gasteiger partial charge in [0.1, 0.15) is 11.4 Å². The molecule has 0 fully saturated rings. The maximum atomic E-state index is 12.5. The van der Waals surface area contributed by atoms with Gasteiger partial charge in [-0.15, -0.1) is 0 Å². The van der Waals surface area contributed by atoms with Crippen molar-refractivity contribution in [2.24, 2.45) is 0 Å². The van der Waals surface area contributed by atoms with E-state index >= 15 is 0 Å². The molecule has 1 rings (SSSR count). The number of hydrogen-bond donors (Lipinski definition) is 1. The predicted molar refractivity (Wildman–Crippen MR) is 96.5 cm³/mol. The van der Waals surface area contributed by atoms with Crippen LogP contribution in [0.1, 0.15) is 31.9 Å². The van der Waals surface area contributed by atoms with Crippen molar-refractivity contribution in [1.82, 2.24) is 9.62 Å². The first-order valence-electron chi connectivity index (χ1n) is 7.96. The van der Waals surface area contributed by atoms with Crippen LogP contribution in [-0.4, -0.2) is 52.3 Å². The minimum Gasteiger partial charge on any atom is -0.496 e. The third-order valence-electron chi connectivity index (χ3n) is 3.43. The Labute approximate surface area is 150 Å². The van der Waals surface area contributed by atoms with E-state index in [1.165, 1.54) is 4.90 Å². The van der Waals surface area contributed by atoms with E-state index in [0.717, 1.165) is 5.56 Å². The number of benzene rings is 1. The van der Waals surface area contributed by atoms with E-state index in [-0.39, 0.29) is 18.0 Å². The summed E-state index contributed by atoms with van der Waals surface area (Å²) >= 11 is 0. The molecule has 0 aliphatic heterocycles. The SMILES string of the molecule is COc1cc(C)c(S(=O)(=O)NCCN(C)C(=O)OC(C)(C)C)cc1C. The number of methoxy groups -OCH3 is 1. The second kappa shape index (κ2) is 8.05. The standard InChI is InChI=1S/C17H28N2O5S/c1-12-11-15(13(2)10-14(12)23-7)25(21,22)18-8-9-19(6)16(20)24-17(3,4)5/h10-11,18H,8-9H2,1-7H3. The lowest BCUT2D eigenvalue weighted by Crippen LogP contribution is -2.39. The molecule has 0 saturated heterocycles. The maximum absolute atomic E-state index is 12.5. The topological polar surface area (TPSA) is 84.9 Å². The van der Waals surface area contributed by atoms with Crippen LogP contribution >= 0.6 is 0 Å². The van der Waals surface area contributed by atoms with E-state index in [2.05, 4.69) is 4.72 Å². The molecule has 0 spiro atoms. The van der Waals surface area contributed by atoms with Crippen molar-refractivity contribution in [3.8, 4) is 5.75 Å². The summed E-state index contributed by atoms with van der Waals surface area (Å²) in [5, 5.41) is 0. The lowest BCUT2D eigenvalue weighted by atomic mass is 10.1. The number of sulfonamides is 1. The van der Waals surface area contributed by atoms with Gasteiger partial charge in [-0.2, -0.15) is 0 Å². The summed E-state index contributed by atoms with van der Waals surface area (Å²) in [6.07, 6.45) is -0.497. The molecule has 0 unspecified atom stereocenters. The molecule has 142 valence electrons. The first-order valence-corrected chi connectivity index (χ1v) is 9.44. The monoisotopic (exact) mass is 372 g/mol. The lowest BCUT2D eigenvalue weighted by Gasteiger charge is -2.24. The molecule has 1 aromatic carbocycles. The molecule has 0 radical (unpaired) electrons. The second-order valence-corrected chi connectivity index (χ2v) is 8.62. The molecule has 1 aromatic rings. The summed E-state index contributed by atoms with van der Waals surface area (Å²) in [7, 11) is -0.576. The van der Waals surface area contributed by atoms with Crippen LogP contribution in [0.25, 0.3) is 0 Å². The molecule has 0 saturated carbocycles. The first kappa shape index (κ1) is 21.2. The second-order valence-electron chi connectivity index (χ2n) is 6.89. The summed E-state index contributed by atoms with van der Waals surface area (Å²) < 4.78 is 37.9. The fourth-order valence-electron chi connectivity index (χ4n) is 2.13. The van der Waals surface area contributed by atoms with Crippen LogP contribution in [0.2, 0.25) is 0 Å². The fraction of sp³-hybridized carbons (Fsp3) is 0.588. The minimum absolute atomic E-state index is 0.0859. The van der Waals surface area contributed by atoms with E-state index in [1.54, 1.807) is 60.9 Å². The van der Waals surface area contributed by atoms with Gasteiger partial charge in [0.25, 0.3) is 0 Å². The van der Waals surface area contributed by atoms with Crippen LogP contribution in [0, 0.1) is 13.8 Å². The molecule has 0 atom stereocenters. The number of likely N-dealkylation sites (N-methyl/N-ethyl adjacent to an activating group) is 1. The van der Waals surface area contributed by atoms with E-state index < -0.39 is 21.7 Å². The number of rotatable bonds is 6. The van der Waals surface area contributed by atoms with E-state index in [4.69, 9.17) is 9.47 Å². The van der Waals surface area contributed by atoms with Crippen LogP contribution in [0.3, 0.4) is 0 Å². The summed E-state index contributed by atoms with van der Waals surface area (Å²) in [5.74, 6) is 0.640. The van der Waals surface area contributed by atoms with Gasteiger partial charge in [-0.3, -0.25) is 0 Å². The van der Waals surface area contributed by atoms with Gasteiger partial charge in [-0.1, -0.05) is 0 Å². The highest BCUT2D eigenvalue weighted by molar-refractivity contribution is 7.89. The summed E-state index contributed by atoms with van der Waals surface area (Å²) in [5.41, 5.74) is 0.734. The average molecular weight is 372 g/mol. The first-order chi connectivity index (χ1) is 11.4. The molecule has 0 aliphatic rings. The van der Waals surface area contributed by atoms with Crippen molar-refractivity contribution < 1.29 is 22.7 Å². The molecule has 0 heterocycles. The van der Waals surface area contributed by atoms with Crippen LogP contribution in [0.15, 0.2) is 17.0 Å². The van der Waals surface area contributed by atoms with E-state index in [0.29, 0.717) is 11.3 Å². The van der Waals surface area contributed by atoms with Crippen LogP contribution in [0.4, 0.5) is 4.79 Å². The molecule has 8 heteroatoms. The number of amides is 1. The number of nitrogens with one attached hydrogen (secondary N) is 1. The molecule has 0 aliphatic carbocycles. The third-order valence-corrected chi connectivity index (χ3v) is 5.03. The molecule has 25 heavy (non-hydrogen) atoms. The Morgan fingerprint density at radius 3 is 2.32 bits per heavy atom. The van der Waals surface area contributed by atoms with Crippen molar-refractivity contribution in [2.75, 3.05) is 27.2 Å². The maximum Gasteiger partial charge on any atom is 0.410 e. The number of carbonyl (C=O) groups is 1. The molecule has 7 nitrogen and oxygen atoms in total. The van der Waals surface area contributed by atoms with Gasteiger partial charge in [0, 0.05) is 20.1 Å². The largest absolute Gasteiger partial charge is 0.496 e. The van der Waals surface area contributed by atoms with Gasteiger partial charge >= 0.3 is 6.09 Å². The van der Waals surface area contributed by atoms with Crippen molar-refractivity contribution >= 4 is 16.1 Å². The van der Waals surface area contributed by atoms with Gasteiger partial charge < -0.3 is 14.4 Å². The Morgan fingerprint density at radius 2 is 1.80 bits per heavy atom. The molecule has 1 N–H and O–H groups in total. The highest BCUT2D eigenvalue weighted by Gasteiger charge is 2.21. The Kier molecular flexibility index (Phi) is 6.84. The van der Waals surface area contributed by atoms with E-state index in [1.807, 2.05) is 0 Å². The zero-order valence-corrected chi connectivity index (χ0v) is 16.8. The van der Waals surface area contributed by atoms with Gasteiger partial charge in [0.15, 0.2) is 0 Å². The fourth-order valence-corrected chi connectivity index (χ4v) is 3.46. The molecule has 1 amide bonds. The number of ether oxygens (including phenoxy) is 2. The van der Waals surface area contributed by atoms with Crippen LogP contribution < -0.4 is 9.46 Å². The smallest absolute Gasteiger partial charge is 0.410 e. The quantitative estimate of drug-likeness (QED) is 0.829. The highest BCUT2D eigenvalue weighted by Crippen LogP contribution is 2.25. The third kappa shape index (κ3) is 6.21. The number of carbonyl (C=O) groups excluding carboxylic acids is 1. The van der Waals surface area contributed by atoms with Gasteiger partial charge in [0.05, 0.1) is 12.0 Å². The van der Waals surface area contributed by atoms with Crippen molar-refractivity contribution in [3.63, 3.8) is 0 Å². The average Bonchev–Trinajstić information content (AvgIpc) is 2.46.